The summed E-state index contributed by atoms with van der Waals surface area (Å²) < 4.78 is 31.6. The SMILES string of the molecule is C=Cc1ccc(CN2C(=O)c3ccccc3S(=O)(=O)c3ccc(C(=O)OC)cc32)cc1. The maximum atomic E-state index is 13.5. The van der Waals surface area contributed by atoms with Crippen LogP contribution in [0.15, 0.2) is 83.1 Å². The van der Waals surface area contributed by atoms with Crippen molar-refractivity contribution < 1.29 is 22.7 Å². The average molecular weight is 433 g/mol. The topological polar surface area (TPSA) is 80.8 Å². The number of hydrogen-bond acceptors (Lipinski definition) is 5. The molecular weight excluding hydrogens is 414 g/mol. The summed E-state index contributed by atoms with van der Waals surface area (Å²) in [5.74, 6) is -1.09. The molecule has 3 aromatic rings. The van der Waals surface area contributed by atoms with E-state index in [0.29, 0.717) is 0 Å². The van der Waals surface area contributed by atoms with Crippen molar-refractivity contribution in [3.63, 3.8) is 0 Å². The summed E-state index contributed by atoms with van der Waals surface area (Å²) >= 11 is 0. The molecule has 7 heteroatoms. The molecule has 3 aromatic carbocycles. The molecule has 0 radical (unpaired) electrons. The maximum Gasteiger partial charge on any atom is 0.337 e. The number of ether oxygens (including phenoxy) is 1. The van der Waals surface area contributed by atoms with E-state index in [9.17, 15) is 18.0 Å². The predicted octanol–water partition coefficient (Wildman–Crippen LogP) is 4.11. The van der Waals surface area contributed by atoms with E-state index >= 15 is 0 Å². The molecule has 0 saturated carbocycles. The molecule has 6 nitrogen and oxygen atoms in total. The molecule has 1 amide bonds. The standard InChI is InChI=1S/C24H19NO5S/c1-3-16-8-10-17(11-9-16)15-25-20-14-18(24(27)30-2)12-13-22(20)31(28,29)21-7-5-4-6-19(21)23(25)26/h3-14H,1,15H2,2H3. The third kappa shape index (κ3) is 3.53. The molecule has 0 atom stereocenters. The van der Waals surface area contributed by atoms with Gasteiger partial charge in [0.25, 0.3) is 5.91 Å². The summed E-state index contributed by atoms with van der Waals surface area (Å²) in [4.78, 5) is 26.9. The lowest BCUT2D eigenvalue weighted by Gasteiger charge is -2.23. The van der Waals surface area contributed by atoms with Crippen molar-refractivity contribution in [2.75, 3.05) is 12.0 Å². The van der Waals surface area contributed by atoms with Crippen molar-refractivity contribution in [3.8, 4) is 0 Å². The molecule has 0 fully saturated rings. The van der Waals surface area contributed by atoms with Crippen LogP contribution in [0.2, 0.25) is 0 Å². The first-order valence-electron chi connectivity index (χ1n) is 9.46. The summed E-state index contributed by atoms with van der Waals surface area (Å²) in [7, 11) is -2.74. The first-order valence-corrected chi connectivity index (χ1v) is 10.9. The highest BCUT2D eigenvalue weighted by molar-refractivity contribution is 7.91. The van der Waals surface area contributed by atoms with Crippen molar-refractivity contribution in [1.29, 1.82) is 0 Å². The van der Waals surface area contributed by atoms with Crippen LogP contribution in [-0.4, -0.2) is 27.4 Å². The third-order valence-electron chi connectivity index (χ3n) is 5.17. The zero-order chi connectivity index (χ0) is 22.2. The first kappa shape index (κ1) is 20.6. The molecular formula is C24H19NO5S. The molecule has 0 bridgehead atoms. The Hall–Kier alpha value is -3.71. The van der Waals surface area contributed by atoms with Gasteiger partial charge in [0.2, 0.25) is 9.84 Å². The minimum atomic E-state index is -3.98. The molecule has 0 aromatic heterocycles. The normalized spacial score (nSPS) is 14.2. The molecule has 1 aliphatic rings. The molecule has 1 aliphatic heterocycles. The summed E-state index contributed by atoms with van der Waals surface area (Å²) in [6.07, 6.45) is 1.71. The highest BCUT2D eigenvalue weighted by atomic mass is 32.2. The Labute approximate surface area is 180 Å². The number of hydrogen-bond donors (Lipinski definition) is 0. The smallest absolute Gasteiger partial charge is 0.337 e. The zero-order valence-electron chi connectivity index (χ0n) is 16.7. The molecule has 0 N–H and O–H groups in total. The fourth-order valence-electron chi connectivity index (χ4n) is 3.55. The van der Waals surface area contributed by atoms with Crippen LogP contribution < -0.4 is 4.90 Å². The number of carbonyl (C=O) groups excluding carboxylic acids is 2. The minimum absolute atomic E-state index is 0.0406. The number of fused-ring (bicyclic) bond motifs is 2. The van der Waals surface area contributed by atoms with E-state index in [1.54, 1.807) is 18.2 Å². The maximum absolute atomic E-state index is 13.5. The quantitative estimate of drug-likeness (QED) is 0.579. The Bertz CT molecular complexity index is 1310. The monoisotopic (exact) mass is 433 g/mol. The van der Waals surface area contributed by atoms with Crippen molar-refractivity contribution in [2.45, 2.75) is 16.3 Å². The summed E-state index contributed by atoms with van der Waals surface area (Å²) in [6, 6.07) is 17.7. The van der Waals surface area contributed by atoms with Crippen LogP contribution in [0.1, 0.15) is 31.8 Å². The summed E-state index contributed by atoms with van der Waals surface area (Å²) in [5.41, 5.74) is 2.09. The molecule has 4 rings (SSSR count). The van der Waals surface area contributed by atoms with Crippen LogP contribution in [0, 0.1) is 0 Å². The van der Waals surface area contributed by atoms with Crippen molar-refractivity contribution in [1.82, 2.24) is 0 Å². The number of amides is 1. The largest absolute Gasteiger partial charge is 0.465 e. The molecule has 0 unspecified atom stereocenters. The minimum Gasteiger partial charge on any atom is -0.465 e. The van der Waals surface area contributed by atoms with Crippen LogP contribution >= 0.6 is 0 Å². The second kappa shape index (κ2) is 7.85. The second-order valence-corrected chi connectivity index (χ2v) is 8.90. The molecule has 1 heterocycles. The molecule has 31 heavy (non-hydrogen) atoms. The summed E-state index contributed by atoms with van der Waals surface area (Å²) in [6.45, 7) is 3.85. The second-order valence-electron chi connectivity index (χ2n) is 7.01. The van der Waals surface area contributed by atoms with E-state index in [4.69, 9.17) is 4.74 Å². The lowest BCUT2D eigenvalue weighted by molar-refractivity contribution is 0.0600. The first-order chi connectivity index (χ1) is 14.9. The van der Waals surface area contributed by atoms with Crippen LogP contribution in [0.4, 0.5) is 5.69 Å². The number of benzene rings is 3. The number of carbonyl (C=O) groups is 2. The van der Waals surface area contributed by atoms with Gasteiger partial charge in [0.05, 0.1) is 40.3 Å². The Kier molecular flexibility index (Phi) is 5.20. The Morgan fingerprint density at radius 1 is 1.03 bits per heavy atom. The van der Waals surface area contributed by atoms with E-state index < -0.39 is 21.7 Å². The van der Waals surface area contributed by atoms with E-state index in [-0.39, 0.29) is 33.2 Å². The van der Waals surface area contributed by atoms with Crippen LogP contribution in [0.3, 0.4) is 0 Å². The average Bonchev–Trinajstić information content (AvgIpc) is 2.87. The summed E-state index contributed by atoms with van der Waals surface area (Å²) in [5, 5.41) is 0. The van der Waals surface area contributed by atoms with Gasteiger partial charge in [-0.1, -0.05) is 49.1 Å². The van der Waals surface area contributed by atoms with Gasteiger partial charge < -0.3 is 9.64 Å². The van der Waals surface area contributed by atoms with Gasteiger partial charge >= 0.3 is 5.97 Å². The Morgan fingerprint density at radius 3 is 2.42 bits per heavy atom. The van der Waals surface area contributed by atoms with Crippen molar-refractivity contribution in [2.24, 2.45) is 0 Å². The number of esters is 1. The molecule has 156 valence electrons. The third-order valence-corrected chi connectivity index (χ3v) is 7.03. The fraction of sp³-hybridized carbons (Fsp3) is 0.0833. The van der Waals surface area contributed by atoms with E-state index in [2.05, 4.69) is 6.58 Å². The van der Waals surface area contributed by atoms with Crippen LogP contribution in [0.5, 0.6) is 0 Å². The molecule has 0 aliphatic carbocycles. The lowest BCUT2D eigenvalue weighted by atomic mass is 10.1. The zero-order valence-corrected chi connectivity index (χ0v) is 17.6. The number of sulfone groups is 1. The molecule has 0 spiro atoms. The van der Waals surface area contributed by atoms with Crippen LogP contribution in [-0.2, 0) is 21.1 Å². The van der Waals surface area contributed by atoms with Crippen molar-refractivity contribution >= 4 is 33.5 Å². The number of rotatable bonds is 4. The van der Waals surface area contributed by atoms with E-state index in [0.717, 1.165) is 11.1 Å². The fourth-order valence-corrected chi connectivity index (χ4v) is 5.18. The van der Waals surface area contributed by atoms with Gasteiger partial charge in [0, 0.05) is 0 Å². The highest BCUT2D eigenvalue weighted by Gasteiger charge is 2.36. The van der Waals surface area contributed by atoms with Gasteiger partial charge in [-0.25, -0.2) is 13.2 Å². The van der Waals surface area contributed by atoms with Crippen LogP contribution in [0.25, 0.3) is 6.08 Å². The van der Waals surface area contributed by atoms with Gasteiger partial charge in [-0.05, 0) is 41.5 Å². The van der Waals surface area contributed by atoms with Crippen molar-refractivity contribution in [3.05, 3.63) is 95.6 Å². The van der Waals surface area contributed by atoms with Gasteiger partial charge in [0.15, 0.2) is 0 Å². The number of methoxy groups -OCH3 is 1. The lowest BCUT2D eigenvalue weighted by Crippen LogP contribution is -2.30. The van der Waals surface area contributed by atoms with Gasteiger partial charge in [-0.3, -0.25) is 4.79 Å². The van der Waals surface area contributed by atoms with Gasteiger partial charge in [-0.2, -0.15) is 0 Å². The predicted molar refractivity (Wildman–Crippen MR) is 117 cm³/mol. The number of anilines is 1. The van der Waals surface area contributed by atoms with Gasteiger partial charge in [0.1, 0.15) is 0 Å². The highest BCUT2D eigenvalue weighted by Crippen LogP contribution is 2.38. The Morgan fingerprint density at radius 2 is 1.74 bits per heavy atom. The van der Waals surface area contributed by atoms with E-state index in [1.165, 1.54) is 42.3 Å². The van der Waals surface area contributed by atoms with E-state index in [1.807, 2.05) is 24.3 Å². The van der Waals surface area contributed by atoms with Gasteiger partial charge in [-0.15, -0.1) is 0 Å². The number of nitrogens with zero attached hydrogens (tertiary/aromatic N) is 1. The molecule has 0 saturated heterocycles. The Balaban J connectivity index is 1.94.